The maximum atomic E-state index is 4.75. The first-order valence-electron chi connectivity index (χ1n) is 7.22. The minimum absolute atomic E-state index is 0.734. The van der Waals surface area contributed by atoms with E-state index in [4.69, 9.17) is 4.98 Å². The number of nitrogens with one attached hydrogen (secondary N) is 1. The largest absolute Gasteiger partial charge is 0.355 e. The van der Waals surface area contributed by atoms with E-state index in [0.717, 1.165) is 42.3 Å². The molecule has 1 aromatic carbocycles. The van der Waals surface area contributed by atoms with Crippen molar-refractivity contribution in [2.45, 2.75) is 13.3 Å². The molecule has 1 aliphatic rings. The number of rotatable bonds is 3. The first-order valence-corrected chi connectivity index (χ1v) is 8.37. The monoisotopic (exact) mass is 288 g/mol. The third kappa shape index (κ3) is 2.82. The van der Waals surface area contributed by atoms with Gasteiger partial charge in [0.1, 0.15) is 5.82 Å². The lowest BCUT2D eigenvalue weighted by Crippen LogP contribution is -2.27. The predicted octanol–water partition coefficient (Wildman–Crippen LogP) is 3.00. The molecule has 0 atom stereocenters. The minimum Gasteiger partial charge on any atom is -0.355 e. The van der Waals surface area contributed by atoms with E-state index >= 15 is 0 Å². The molecule has 2 heterocycles. The Kier molecular flexibility index (Phi) is 4.25. The number of nitrogens with zero attached hydrogens (tertiary/aromatic N) is 3. The van der Waals surface area contributed by atoms with Crippen LogP contribution in [0.2, 0.25) is 0 Å². The second kappa shape index (κ2) is 6.31. The van der Waals surface area contributed by atoms with Gasteiger partial charge in [-0.15, -0.1) is 0 Å². The van der Waals surface area contributed by atoms with Crippen molar-refractivity contribution in [2.75, 3.05) is 41.4 Å². The summed E-state index contributed by atoms with van der Waals surface area (Å²) in [5.74, 6) is 4.24. The summed E-state index contributed by atoms with van der Waals surface area (Å²) in [5, 5.41) is 4.39. The van der Waals surface area contributed by atoms with E-state index in [2.05, 4.69) is 40.3 Å². The van der Waals surface area contributed by atoms with Crippen LogP contribution in [0.4, 0.5) is 11.8 Å². The molecule has 3 rings (SSSR count). The summed E-state index contributed by atoms with van der Waals surface area (Å²) in [5.41, 5.74) is 1.02. The zero-order valence-electron chi connectivity index (χ0n) is 11.8. The summed E-state index contributed by atoms with van der Waals surface area (Å²) >= 11 is 2.03. The number of anilines is 2. The van der Waals surface area contributed by atoms with Gasteiger partial charge in [-0.25, -0.2) is 4.98 Å². The first-order chi connectivity index (χ1) is 9.88. The number of hydrogen-bond donors (Lipinski definition) is 1. The Labute approximate surface area is 124 Å². The van der Waals surface area contributed by atoms with Gasteiger partial charge in [0.25, 0.3) is 0 Å². The summed E-state index contributed by atoms with van der Waals surface area (Å²) in [7, 11) is 0. The minimum atomic E-state index is 0.734. The molecule has 0 radical (unpaired) electrons. The topological polar surface area (TPSA) is 41.1 Å². The Balaban J connectivity index is 2.06. The maximum absolute atomic E-state index is 4.75. The maximum Gasteiger partial charge on any atom is 0.225 e. The molecule has 1 aliphatic heterocycles. The predicted molar refractivity (Wildman–Crippen MR) is 87.9 cm³/mol. The normalized spacial score (nSPS) is 16.1. The molecule has 4 nitrogen and oxygen atoms in total. The highest BCUT2D eigenvalue weighted by molar-refractivity contribution is 7.99. The van der Waals surface area contributed by atoms with Gasteiger partial charge in [-0.2, -0.15) is 16.7 Å². The van der Waals surface area contributed by atoms with Crippen molar-refractivity contribution in [3.8, 4) is 0 Å². The summed E-state index contributed by atoms with van der Waals surface area (Å²) in [6, 6.07) is 8.29. The number of thioether (sulfide) groups is 1. The van der Waals surface area contributed by atoms with Crippen LogP contribution >= 0.6 is 11.8 Å². The SMILES string of the molecule is CCNc1nc(N2CCCSCC2)c2ccccc2n1. The van der Waals surface area contributed by atoms with E-state index in [0.29, 0.717) is 0 Å². The Bertz CT molecular complexity index is 579. The van der Waals surface area contributed by atoms with Crippen molar-refractivity contribution in [3.63, 3.8) is 0 Å². The molecule has 0 spiro atoms. The number of benzene rings is 1. The standard InChI is InChI=1S/C15H20N4S/c1-2-16-15-17-13-7-4-3-6-12(13)14(18-15)19-8-5-10-20-11-9-19/h3-4,6-7H,2,5,8-11H2,1H3,(H,16,17,18). The molecule has 2 aromatic rings. The summed E-state index contributed by atoms with van der Waals surface area (Å²) in [4.78, 5) is 11.7. The molecule has 20 heavy (non-hydrogen) atoms. The van der Waals surface area contributed by atoms with Gasteiger partial charge < -0.3 is 10.2 Å². The smallest absolute Gasteiger partial charge is 0.225 e. The van der Waals surface area contributed by atoms with Crippen LogP contribution in [0.15, 0.2) is 24.3 Å². The highest BCUT2D eigenvalue weighted by Gasteiger charge is 2.16. The zero-order valence-corrected chi connectivity index (χ0v) is 12.6. The molecule has 5 heteroatoms. The van der Waals surface area contributed by atoms with Gasteiger partial charge in [-0.1, -0.05) is 12.1 Å². The van der Waals surface area contributed by atoms with Gasteiger partial charge in [0.2, 0.25) is 5.95 Å². The molecule has 1 fully saturated rings. The molecular weight excluding hydrogens is 268 g/mol. The average Bonchev–Trinajstić information content (AvgIpc) is 2.76. The molecule has 1 N–H and O–H groups in total. The third-order valence-electron chi connectivity index (χ3n) is 3.44. The lowest BCUT2D eigenvalue weighted by Gasteiger charge is -2.23. The van der Waals surface area contributed by atoms with Gasteiger partial charge in [-0.05, 0) is 31.2 Å². The second-order valence-corrected chi connectivity index (χ2v) is 6.10. The quantitative estimate of drug-likeness (QED) is 0.940. The fraction of sp³-hybridized carbons (Fsp3) is 0.467. The lowest BCUT2D eigenvalue weighted by molar-refractivity contribution is 0.804. The Morgan fingerprint density at radius 3 is 3.00 bits per heavy atom. The fourth-order valence-corrected chi connectivity index (χ4v) is 3.38. The van der Waals surface area contributed by atoms with Crippen molar-refractivity contribution >= 4 is 34.4 Å². The molecule has 106 valence electrons. The average molecular weight is 288 g/mol. The Morgan fingerprint density at radius 2 is 2.10 bits per heavy atom. The van der Waals surface area contributed by atoms with E-state index in [9.17, 15) is 0 Å². The van der Waals surface area contributed by atoms with Gasteiger partial charge in [0, 0.05) is 30.8 Å². The van der Waals surface area contributed by atoms with Crippen LogP contribution in [0.3, 0.4) is 0 Å². The molecule has 1 aromatic heterocycles. The van der Waals surface area contributed by atoms with Crippen molar-refractivity contribution in [2.24, 2.45) is 0 Å². The van der Waals surface area contributed by atoms with Crippen molar-refractivity contribution < 1.29 is 0 Å². The molecule has 0 unspecified atom stereocenters. The van der Waals surface area contributed by atoms with E-state index in [1.165, 1.54) is 17.9 Å². The van der Waals surface area contributed by atoms with E-state index in [1.807, 2.05) is 17.8 Å². The van der Waals surface area contributed by atoms with Gasteiger partial charge in [0.05, 0.1) is 5.52 Å². The van der Waals surface area contributed by atoms with Crippen LogP contribution in [0.1, 0.15) is 13.3 Å². The summed E-state index contributed by atoms with van der Waals surface area (Å²) in [6.45, 7) is 5.06. The molecule has 1 saturated heterocycles. The Morgan fingerprint density at radius 1 is 1.20 bits per heavy atom. The van der Waals surface area contributed by atoms with Gasteiger partial charge in [-0.3, -0.25) is 0 Å². The van der Waals surface area contributed by atoms with Crippen molar-refractivity contribution in [1.29, 1.82) is 0 Å². The number of aromatic nitrogens is 2. The van der Waals surface area contributed by atoms with Crippen LogP contribution in [-0.2, 0) is 0 Å². The van der Waals surface area contributed by atoms with Crippen LogP contribution in [-0.4, -0.2) is 41.1 Å². The highest BCUT2D eigenvalue weighted by Crippen LogP contribution is 2.27. The second-order valence-electron chi connectivity index (χ2n) is 4.87. The van der Waals surface area contributed by atoms with Crippen molar-refractivity contribution in [1.82, 2.24) is 9.97 Å². The number of hydrogen-bond acceptors (Lipinski definition) is 5. The van der Waals surface area contributed by atoms with Crippen LogP contribution < -0.4 is 10.2 Å². The molecule has 0 saturated carbocycles. The number of para-hydroxylation sites is 1. The summed E-state index contributed by atoms with van der Waals surface area (Å²) in [6.07, 6.45) is 1.22. The van der Waals surface area contributed by atoms with Crippen LogP contribution in [0.25, 0.3) is 10.9 Å². The van der Waals surface area contributed by atoms with Crippen LogP contribution in [0.5, 0.6) is 0 Å². The van der Waals surface area contributed by atoms with E-state index in [1.54, 1.807) is 0 Å². The van der Waals surface area contributed by atoms with Crippen molar-refractivity contribution in [3.05, 3.63) is 24.3 Å². The lowest BCUT2D eigenvalue weighted by atomic mass is 10.2. The van der Waals surface area contributed by atoms with Gasteiger partial charge in [0.15, 0.2) is 0 Å². The molecule has 0 aliphatic carbocycles. The number of fused-ring (bicyclic) bond motifs is 1. The van der Waals surface area contributed by atoms with Gasteiger partial charge >= 0.3 is 0 Å². The van der Waals surface area contributed by atoms with Crippen LogP contribution in [0, 0.1) is 0 Å². The summed E-state index contributed by atoms with van der Waals surface area (Å²) < 4.78 is 0. The third-order valence-corrected chi connectivity index (χ3v) is 4.49. The molecular formula is C15H20N4S. The van der Waals surface area contributed by atoms with E-state index in [-0.39, 0.29) is 0 Å². The molecule has 0 bridgehead atoms. The Hall–Kier alpha value is -1.49. The first kappa shape index (κ1) is 13.5. The van der Waals surface area contributed by atoms with E-state index < -0.39 is 0 Å². The zero-order chi connectivity index (χ0) is 13.8. The fourth-order valence-electron chi connectivity index (χ4n) is 2.50. The highest BCUT2D eigenvalue weighted by atomic mass is 32.2. The molecule has 0 amide bonds.